The van der Waals surface area contributed by atoms with Gasteiger partial charge < -0.3 is 4.57 Å². The first-order chi connectivity index (χ1) is 23.8. The van der Waals surface area contributed by atoms with Gasteiger partial charge >= 0.3 is 0 Å². The van der Waals surface area contributed by atoms with Crippen LogP contribution in [0.3, 0.4) is 0 Å². The van der Waals surface area contributed by atoms with E-state index in [9.17, 15) is 10.5 Å². The Bertz CT molecular complexity index is 2570. The number of nitrogens with zero attached hydrogens (tertiary/aromatic N) is 3. The number of aromatic nitrogens is 1. The van der Waals surface area contributed by atoms with Gasteiger partial charge in [0.1, 0.15) is 0 Å². The van der Waals surface area contributed by atoms with E-state index in [0.29, 0.717) is 16.7 Å². The molecule has 0 fully saturated rings. The van der Waals surface area contributed by atoms with E-state index in [1.54, 1.807) is 18.2 Å². The molecule has 0 radical (unpaired) electrons. The van der Waals surface area contributed by atoms with Crippen LogP contribution >= 0.6 is 0 Å². The van der Waals surface area contributed by atoms with E-state index in [1.807, 2.05) is 12.1 Å². The molecule has 4 heteroatoms. The van der Waals surface area contributed by atoms with Crippen LogP contribution in [0.1, 0.15) is 11.1 Å². The summed E-state index contributed by atoms with van der Waals surface area (Å²) in [5, 5.41) is 28.1. The van der Waals surface area contributed by atoms with Gasteiger partial charge in [0, 0.05) is 27.6 Å². The second-order valence-electron chi connectivity index (χ2n) is 12.3. The summed E-state index contributed by atoms with van der Waals surface area (Å²) in [6, 6.07) is 62.8. The zero-order chi connectivity index (χ0) is 32.2. The molecule has 7 aromatic carbocycles. The average molecular weight is 626 g/mol. The fraction of sp³-hybridized carbons (Fsp3) is 0. The van der Waals surface area contributed by atoms with Crippen molar-refractivity contribution in [3.05, 3.63) is 175 Å². The summed E-state index contributed by atoms with van der Waals surface area (Å²) in [6.07, 6.45) is 0. The molecule has 0 amide bonds. The molecule has 0 bridgehead atoms. The van der Waals surface area contributed by atoms with Crippen molar-refractivity contribution in [2.75, 3.05) is 0 Å². The lowest BCUT2D eigenvalue weighted by Gasteiger charge is -2.31. The van der Waals surface area contributed by atoms with Gasteiger partial charge in [-0.3, -0.25) is 0 Å². The SMILES string of the molecule is N#Cc1cccc(C#N)c1-c1cccc2c3ccccc3n(-c3ccc4c(c3)-c3ccccc3[Si]4(c3ccccc3)c3ccccc3)c12. The van der Waals surface area contributed by atoms with Crippen molar-refractivity contribution in [3.8, 4) is 40.1 Å². The molecule has 0 N–H and O–H groups in total. The van der Waals surface area contributed by atoms with E-state index in [-0.39, 0.29) is 0 Å². The van der Waals surface area contributed by atoms with Crippen LogP contribution in [0.5, 0.6) is 0 Å². The number of nitriles is 2. The minimum absolute atomic E-state index is 0.489. The van der Waals surface area contributed by atoms with Crippen molar-refractivity contribution in [3.63, 3.8) is 0 Å². The van der Waals surface area contributed by atoms with Crippen LogP contribution in [0.4, 0.5) is 0 Å². The largest absolute Gasteiger partial charge is 0.309 e. The van der Waals surface area contributed by atoms with Crippen molar-refractivity contribution in [2.24, 2.45) is 0 Å². The van der Waals surface area contributed by atoms with Gasteiger partial charge in [-0.25, -0.2) is 0 Å². The maximum absolute atomic E-state index is 10.2. The molecule has 0 saturated carbocycles. The van der Waals surface area contributed by atoms with Crippen LogP contribution in [-0.4, -0.2) is 12.6 Å². The Morgan fingerprint density at radius 1 is 0.458 bits per heavy atom. The Hall–Kier alpha value is -6.46. The molecular formula is C44H27N3Si. The predicted octanol–water partition coefficient (Wildman–Crippen LogP) is 7.55. The van der Waals surface area contributed by atoms with Gasteiger partial charge in [-0.2, -0.15) is 10.5 Å². The van der Waals surface area contributed by atoms with Gasteiger partial charge in [0.05, 0.1) is 34.3 Å². The van der Waals surface area contributed by atoms with Gasteiger partial charge in [0.25, 0.3) is 0 Å². The highest BCUT2D eigenvalue weighted by Gasteiger charge is 2.48. The topological polar surface area (TPSA) is 52.5 Å². The Morgan fingerprint density at radius 2 is 1.02 bits per heavy atom. The number of benzene rings is 7. The summed E-state index contributed by atoms with van der Waals surface area (Å²) in [7, 11) is -2.61. The van der Waals surface area contributed by atoms with Crippen LogP contribution in [-0.2, 0) is 0 Å². The maximum atomic E-state index is 10.2. The molecule has 0 spiro atoms. The first-order valence-corrected chi connectivity index (χ1v) is 18.1. The van der Waals surface area contributed by atoms with Crippen molar-refractivity contribution in [1.29, 1.82) is 10.5 Å². The van der Waals surface area contributed by atoms with Gasteiger partial charge in [-0.1, -0.05) is 133 Å². The zero-order valence-electron chi connectivity index (χ0n) is 25.9. The Kier molecular flexibility index (Phi) is 6.27. The van der Waals surface area contributed by atoms with Gasteiger partial charge in [-0.05, 0) is 62.2 Å². The second kappa shape index (κ2) is 10.8. The van der Waals surface area contributed by atoms with Crippen LogP contribution in [0, 0.1) is 22.7 Å². The van der Waals surface area contributed by atoms with Crippen LogP contribution in [0.2, 0.25) is 0 Å². The molecule has 1 aromatic heterocycles. The third kappa shape index (κ3) is 3.79. The van der Waals surface area contributed by atoms with Crippen molar-refractivity contribution >= 4 is 50.6 Å². The number of para-hydroxylation sites is 2. The number of fused-ring (bicyclic) bond motifs is 6. The molecule has 48 heavy (non-hydrogen) atoms. The molecule has 8 aromatic rings. The van der Waals surface area contributed by atoms with Crippen LogP contribution < -0.4 is 20.7 Å². The van der Waals surface area contributed by atoms with E-state index in [0.717, 1.165) is 33.1 Å². The normalized spacial score (nSPS) is 12.7. The van der Waals surface area contributed by atoms with Crippen LogP contribution in [0.25, 0.3) is 49.7 Å². The highest BCUT2D eigenvalue weighted by Crippen LogP contribution is 2.41. The fourth-order valence-corrected chi connectivity index (χ4v) is 13.3. The summed E-state index contributed by atoms with van der Waals surface area (Å²) in [4.78, 5) is 0. The molecule has 0 unspecified atom stereocenters. The summed E-state index contributed by atoms with van der Waals surface area (Å²) in [5.74, 6) is 0. The number of rotatable bonds is 4. The zero-order valence-corrected chi connectivity index (χ0v) is 26.9. The number of hydrogen-bond acceptors (Lipinski definition) is 2. The lowest BCUT2D eigenvalue weighted by atomic mass is 9.93. The molecule has 1 aliphatic rings. The standard InChI is InChI=1S/C44H27N3Si/c45-28-30-13-11-14-31(29-46)43(30)38-22-12-21-37-35-19-7-9-23-40(35)47(44(37)38)32-25-26-42-39(27-32)36-20-8-10-24-41(36)48(42,33-15-3-1-4-16-33)34-17-5-2-6-18-34/h1-27H. The third-order valence-corrected chi connectivity index (χ3v) is 14.9. The molecule has 0 aliphatic carbocycles. The van der Waals surface area contributed by atoms with E-state index in [1.165, 1.54) is 31.9 Å². The molecule has 3 nitrogen and oxygen atoms in total. The second-order valence-corrected chi connectivity index (χ2v) is 16.0. The van der Waals surface area contributed by atoms with E-state index in [2.05, 4.69) is 150 Å². The molecular weight excluding hydrogens is 599 g/mol. The molecule has 2 heterocycles. The Labute approximate surface area is 279 Å². The Balaban J connectivity index is 1.39. The van der Waals surface area contributed by atoms with E-state index in [4.69, 9.17) is 0 Å². The quantitative estimate of drug-likeness (QED) is 0.190. The van der Waals surface area contributed by atoms with E-state index >= 15 is 0 Å². The minimum atomic E-state index is -2.61. The van der Waals surface area contributed by atoms with Gasteiger partial charge in [-0.15, -0.1) is 0 Å². The van der Waals surface area contributed by atoms with Crippen molar-refractivity contribution in [1.82, 2.24) is 4.57 Å². The lowest BCUT2D eigenvalue weighted by molar-refractivity contribution is 1.18. The van der Waals surface area contributed by atoms with Crippen LogP contribution in [0.15, 0.2) is 164 Å². The predicted molar refractivity (Wildman–Crippen MR) is 198 cm³/mol. The van der Waals surface area contributed by atoms with Gasteiger partial charge in [0.15, 0.2) is 8.07 Å². The molecule has 9 rings (SSSR count). The highest BCUT2D eigenvalue weighted by molar-refractivity contribution is 7.22. The summed E-state index contributed by atoms with van der Waals surface area (Å²) in [5.41, 5.74) is 8.15. The lowest BCUT2D eigenvalue weighted by Crippen LogP contribution is -2.72. The average Bonchev–Trinajstić information content (AvgIpc) is 3.66. The van der Waals surface area contributed by atoms with Crippen molar-refractivity contribution < 1.29 is 0 Å². The molecule has 222 valence electrons. The smallest absolute Gasteiger partial charge is 0.180 e. The molecule has 0 atom stereocenters. The first-order valence-electron chi connectivity index (χ1n) is 16.1. The number of hydrogen-bond donors (Lipinski definition) is 0. The summed E-state index contributed by atoms with van der Waals surface area (Å²) < 4.78 is 2.32. The summed E-state index contributed by atoms with van der Waals surface area (Å²) in [6.45, 7) is 0. The summed E-state index contributed by atoms with van der Waals surface area (Å²) >= 11 is 0. The van der Waals surface area contributed by atoms with E-state index < -0.39 is 8.07 Å². The highest BCUT2D eigenvalue weighted by atomic mass is 28.3. The maximum Gasteiger partial charge on any atom is 0.180 e. The fourth-order valence-electron chi connectivity index (χ4n) is 8.09. The van der Waals surface area contributed by atoms with Crippen molar-refractivity contribution in [2.45, 2.75) is 0 Å². The Morgan fingerprint density at radius 3 is 1.73 bits per heavy atom. The minimum Gasteiger partial charge on any atom is -0.309 e. The molecule has 0 saturated heterocycles. The third-order valence-electron chi connectivity index (χ3n) is 9.97. The van der Waals surface area contributed by atoms with Gasteiger partial charge in [0.2, 0.25) is 0 Å². The first kappa shape index (κ1) is 27.8. The monoisotopic (exact) mass is 625 g/mol. The molecule has 1 aliphatic heterocycles.